The van der Waals surface area contributed by atoms with Crippen molar-refractivity contribution >= 4 is 11.8 Å². The fraction of sp³-hybridized carbons (Fsp3) is 0.333. The lowest BCUT2D eigenvalue weighted by Crippen LogP contribution is -2.46. The Morgan fingerprint density at radius 2 is 1.73 bits per heavy atom. The third-order valence-corrected chi connectivity index (χ3v) is 4.32. The number of furan rings is 1. The maximum Gasteiger partial charge on any atom is 0.416 e. The minimum Gasteiger partial charge on any atom is -0.459 e. The van der Waals surface area contributed by atoms with Gasteiger partial charge in [0.2, 0.25) is 0 Å². The Kier molecular flexibility index (Phi) is 5.01. The Morgan fingerprint density at radius 1 is 1.08 bits per heavy atom. The maximum absolute atomic E-state index is 12.6. The molecule has 2 aromatic rings. The number of carbonyl (C=O) groups excluding carboxylic acids is 2. The maximum atomic E-state index is 12.6. The van der Waals surface area contributed by atoms with E-state index in [9.17, 15) is 22.8 Å². The Balaban J connectivity index is 1.53. The molecule has 138 valence electrons. The van der Waals surface area contributed by atoms with E-state index in [0.717, 1.165) is 24.3 Å². The van der Waals surface area contributed by atoms with Crippen LogP contribution in [0, 0.1) is 0 Å². The zero-order valence-electron chi connectivity index (χ0n) is 13.8. The molecule has 8 heteroatoms. The summed E-state index contributed by atoms with van der Waals surface area (Å²) in [7, 11) is 0. The first-order valence-electron chi connectivity index (χ1n) is 8.15. The summed E-state index contributed by atoms with van der Waals surface area (Å²) in [6.07, 6.45) is -1.86. The molecule has 0 bridgehead atoms. The monoisotopic (exact) mass is 366 g/mol. The predicted octanol–water partition coefficient (Wildman–Crippen LogP) is 3.33. The van der Waals surface area contributed by atoms with Gasteiger partial charge in [0, 0.05) is 24.7 Å². The van der Waals surface area contributed by atoms with Crippen molar-refractivity contribution in [2.75, 3.05) is 13.1 Å². The molecule has 26 heavy (non-hydrogen) atoms. The quantitative estimate of drug-likeness (QED) is 0.906. The van der Waals surface area contributed by atoms with Gasteiger partial charge in [-0.15, -0.1) is 0 Å². The molecule has 1 aliphatic rings. The van der Waals surface area contributed by atoms with E-state index in [1.807, 2.05) is 0 Å². The number of alkyl halides is 3. The number of piperidine rings is 1. The van der Waals surface area contributed by atoms with Crippen LogP contribution in [-0.2, 0) is 6.18 Å². The molecule has 2 amide bonds. The number of hydrogen-bond donors (Lipinski definition) is 1. The molecule has 1 fully saturated rings. The van der Waals surface area contributed by atoms with Crippen LogP contribution in [0.5, 0.6) is 0 Å². The van der Waals surface area contributed by atoms with Crippen molar-refractivity contribution in [3.8, 4) is 0 Å². The average Bonchev–Trinajstić information content (AvgIpc) is 3.16. The van der Waals surface area contributed by atoms with Crippen molar-refractivity contribution in [2.45, 2.75) is 25.1 Å². The highest BCUT2D eigenvalue weighted by molar-refractivity contribution is 5.94. The van der Waals surface area contributed by atoms with E-state index in [0.29, 0.717) is 25.9 Å². The normalized spacial score (nSPS) is 15.7. The van der Waals surface area contributed by atoms with Crippen molar-refractivity contribution in [2.24, 2.45) is 0 Å². The molecule has 0 aliphatic carbocycles. The molecule has 1 aromatic carbocycles. The van der Waals surface area contributed by atoms with E-state index < -0.39 is 17.6 Å². The molecule has 0 radical (unpaired) electrons. The van der Waals surface area contributed by atoms with Gasteiger partial charge in [0.1, 0.15) is 0 Å². The smallest absolute Gasteiger partial charge is 0.416 e. The van der Waals surface area contributed by atoms with Gasteiger partial charge in [-0.25, -0.2) is 0 Å². The number of rotatable bonds is 3. The lowest BCUT2D eigenvalue weighted by molar-refractivity contribution is -0.137. The van der Waals surface area contributed by atoms with Crippen molar-refractivity contribution in [1.29, 1.82) is 0 Å². The van der Waals surface area contributed by atoms with E-state index >= 15 is 0 Å². The van der Waals surface area contributed by atoms with Crippen LogP contribution in [0.2, 0.25) is 0 Å². The molecule has 5 nitrogen and oxygen atoms in total. The van der Waals surface area contributed by atoms with Crippen LogP contribution in [0.3, 0.4) is 0 Å². The van der Waals surface area contributed by atoms with Gasteiger partial charge in [0.05, 0.1) is 11.8 Å². The molecule has 1 N–H and O–H groups in total. The zero-order chi connectivity index (χ0) is 18.7. The molecule has 1 aromatic heterocycles. The van der Waals surface area contributed by atoms with E-state index in [4.69, 9.17) is 4.42 Å². The minimum absolute atomic E-state index is 0.134. The Bertz CT molecular complexity index is 762. The van der Waals surface area contributed by atoms with Gasteiger partial charge in [0.15, 0.2) is 5.76 Å². The Labute approximate surface area is 147 Å². The predicted molar refractivity (Wildman–Crippen MR) is 86.5 cm³/mol. The summed E-state index contributed by atoms with van der Waals surface area (Å²) in [5, 5.41) is 2.81. The van der Waals surface area contributed by atoms with E-state index in [2.05, 4.69) is 5.32 Å². The van der Waals surface area contributed by atoms with Crippen LogP contribution in [-0.4, -0.2) is 35.8 Å². The fourth-order valence-electron chi connectivity index (χ4n) is 2.86. The number of hydrogen-bond acceptors (Lipinski definition) is 3. The van der Waals surface area contributed by atoms with Gasteiger partial charge < -0.3 is 14.6 Å². The van der Waals surface area contributed by atoms with Crippen molar-refractivity contribution in [3.05, 3.63) is 59.5 Å². The van der Waals surface area contributed by atoms with E-state index in [1.165, 1.54) is 6.26 Å². The zero-order valence-corrected chi connectivity index (χ0v) is 13.8. The van der Waals surface area contributed by atoms with Crippen molar-refractivity contribution in [1.82, 2.24) is 10.2 Å². The average molecular weight is 366 g/mol. The van der Waals surface area contributed by atoms with E-state index in [-0.39, 0.29) is 23.3 Å². The fourth-order valence-corrected chi connectivity index (χ4v) is 2.86. The summed E-state index contributed by atoms with van der Waals surface area (Å²) in [4.78, 5) is 26.0. The van der Waals surface area contributed by atoms with Gasteiger partial charge in [-0.05, 0) is 49.2 Å². The SMILES string of the molecule is O=C(NC1CCN(C(=O)c2ccco2)CC1)c1ccc(C(F)(F)F)cc1. The number of amides is 2. The van der Waals surface area contributed by atoms with Crippen LogP contribution >= 0.6 is 0 Å². The van der Waals surface area contributed by atoms with E-state index in [1.54, 1.807) is 17.0 Å². The molecule has 1 saturated heterocycles. The van der Waals surface area contributed by atoms with Crippen LogP contribution in [0.4, 0.5) is 13.2 Å². The first-order chi connectivity index (χ1) is 12.3. The Hall–Kier alpha value is -2.77. The number of nitrogens with zero attached hydrogens (tertiary/aromatic N) is 1. The summed E-state index contributed by atoms with van der Waals surface area (Å²) in [5.74, 6) is -0.339. The first kappa shape index (κ1) is 18.0. The first-order valence-corrected chi connectivity index (χ1v) is 8.15. The molecule has 0 saturated carbocycles. The molecule has 0 atom stereocenters. The number of halogens is 3. The standard InChI is InChI=1S/C18H17F3N2O3/c19-18(20,21)13-5-3-12(4-6-13)16(24)22-14-7-9-23(10-8-14)17(25)15-2-1-11-26-15/h1-6,11,14H,7-10H2,(H,22,24). The summed E-state index contributed by atoms with van der Waals surface area (Å²) in [6, 6.07) is 7.21. The highest BCUT2D eigenvalue weighted by atomic mass is 19.4. The third kappa shape index (κ3) is 4.07. The van der Waals surface area contributed by atoms with Crippen molar-refractivity contribution in [3.63, 3.8) is 0 Å². The van der Waals surface area contributed by atoms with Crippen molar-refractivity contribution < 1.29 is 27.2 Å². The van der Waals surface area contributed by atoms with Gasteiger partial charge in [-0.2, -0.15) is 13.2 Å². The second kappa shape index (κ2) is 7.23. The van der Waals surface area contributed by atoms with Gasteiger partial charge in [-0.1, -0.05) is 0 Å². The Morgan fingerprint density at radius 3 is 2.27 bits per heavy atom. The molecular formula is C18H17F3N2O3. The molecule has 0 unspecified atom stereocenters. The van der Waals surface area contributed by atoms with Crippen LogP contribution in [0.1, 0.15) is 39.3 Å². The van der Waals surface area contributed by atoms with Crippen LogP contribution in [0.15, 0.2) is 47.1 Å². The molecular weight excluding hydrogens is 349 g/mol. The van der Waals surface area contributed by atoms with Gasteiger partial charge >= 0.3 is 6.18 Å². The number of nitrogens with one attached hydrogen (secondary N) is 1. The highest BCUT2D eigenvalue weighted by Gasteiger charge is 2.30. The highest BCUT2D eigenvalue weighted by Crippen LogP contribution is 2.29. The molecule has 3 rings (SSSR count). The van der Waals surface area contributed by atoms with Gasteiger partial charge in [-0.3, -0.25) is 9.59 Å². The molecule has 0 spiro atoms. The summed E-state index contributed by atoms with van der Waals surface area (Å²) in [6.45, 7) is 0.939. The van der Waals surface area contributed by atoms with Crippen LogP contribution in [0.25, 0.3) is 0 Å². The lowest BCUT2D eigenvalue weighted by Gasteiger charge is -2.31. The number of benzene rings is 1. The second-order valence-corrected chi connectivity index (χ2v) is 6.09. The molecule has 1 aliphatic heterocycles. The van der Waals surface area contributed by atoms with Crippen LogP contribution < -0.4 is 5.32 Å². The van der Waals surface area contributed by atoms with Gasteiger partial charge in [0.25, 0.3) is 11.8 Å². The largest absolute Gasteiger partial charge is 0.459 e. The summed E-state index contributed by atoms with van der Waals surface area (Å²) >= 11 is 0. The number of carbonyl (C=O) groups is 2. The second-order valence-electron chi connectivity index (χ2n) is 6.09. The molecule has 2 heterocycles. The minimum atomic E-state index is -4.43. The topological polar surface area (TPSA) is 62.6 Å². The summed E-state index contributed by atoms with van der Waals surface area (Å²) in [5.41, 5.74) is -0.620. The summed E-state index contributed by atoms with van der Waals surface area (Å²) < 4.78 is 42.8. The number of likely N-dealkylation sites (tertiary alicyclic amines) is 1. The lowest BCUT2D eigenvalue weighted by atomic mass is 10.0. The third-order valence-electron chi connectivity index (χ3n) is 4.32.